The predicted octanol–water partition coefficient (Wildman–Crippen LogP) is 4.18. The molecule has 0 radical (unpaired) electrons. The van der Waals surface area contributed by atoms with E-state index in [1.54, 1.807) is 18.2 Å². The summed E-state index contributed by atoms with van der Waals surface area (Å²) in [7, 11) is 0. The number of rotatable bonds is 5. The van der Waals surface area contributed by atoms with Crippen molar-refractivity contribution in [3.8, 4) is 17.4 Å². The first kappa shape index (κ1) is 19.8. The van der Waals surface area contributed by atoms with Gasteiger partial charge in [0.05, 0.1) is 22.8 Å². The number of carbonyl (C=O) groups is 1. The number of carboxylic acids is 1. The summed E-state index contributed by atoms with van der Waals surface area (Å²) >= 11 is 5.85. The number of hydrogen-bond donors (Lipinski definition) is 2. The summed E-state index contributed by atoms with van der Waals surface area (Å²) in [6, 6.07) is 2.40. The molecule has 0 saturated carbocycles. The summed E-state index contributed by atoms with van der Waals surface area (Å²) in [6.45, 7) is 0. The lowest BCUT2D eigenvalue weighted by atomic mass is 10.1. The van der Waals surface area contributed by atoms with E-state index in [2.05, 4.69) is 19.8 Å². The van der Waals surface area contributed by atoms with Crippen LogP contribution >= 0.6 is 11.6 Å². The highest BCUT2D eigenvalue weighted by Crippen LogP contribution is 2.37. The zero-order chi connectivity index (χ0) is 21.5. The Labute approximate surface area is 171 Å². The number of carboxylic acid groups (broad SMARTS) is 1. The van der Waals surface area contributed by atoms with Crippen molar-refractivity contribution in [2.24, 2.45) is 0 Å². The molecule has 0 saturated heterocycles. The van der Waals surface area contributed by atoms with Gasteiger partial charge in [0.2, 0.25) is 5.95 Å². The Kier molecular flexibility index (Phi) is 4.90. The van der Waals surface area contributed by atoms with E-state index < -0.39 is 24.2 Å². The summed E-state index contributed by atoms with van der Waals surface area (Å²) < 4.78 is 49.6. The molecule has 1 aliphatic rings. The molecule has 1 atom stereocenters. The van der Waals surface area contributed by atoms with Gasteiger partial charge in [0.25, 0.3) is 0 Å². The standard InChI is InChI=1S/C18H12ClF3N4O4/c19-10-1-3-11(4-2-10)29-14-5-12-13(6-15(14)30-18(20,21)22)25-17(24-12)26-8-9(7-23-26)16(27)28/h1-3,5-8,11H,4H2,(H,24,25)(H,27,28). The fourth-order valence-electron chi connectivity index (χ4n) is 2.78. The number of aromatic carboxylic acids is 1. The van der Waals surface area contributed by atoms with E-state index in [0.717, 1.165) is 16.9 Å². The van der Waals surface area contributed by atoms with Gasteiger partial charge < -0.3 is 19.6 Å². The Morgan fingerprint density at radius 2 is 2.13 bits per heavy atom. The topological polar surface area (TPSA) is 102 Å². The highest BCUT2D eigenvalue weighted by atomic mass is 35.5. The second-order valence-electron chi connectivity index (χ2n) is 6.24. The minimum absolute atomic E-state index is 0.0728. The molecule has 3 aromatic rings. The molecule has 156 valence electrons. The number of nitrogens with zero attached hydrogens (tertiary/aromatic N) is 3. The molecule has 8 nitrogen and oxygen atoms in total. The number of imidazole rings is 1. The third kappa shape index (κ3) is 4.25. The zero-order valence-electron chi connectivity index (χ0n) is 14.9. The van der Waals surface area contributed by atoms with E-state index in [-0.39, 0.29) is 28.3 Å². The normalized spacial score (nSPS) is 16.5. The molecule has 1 aromatic carbocycles. The van der Waals surface area contributed by atoms with E-state index >= 15 is 0 Å². The van der Waals surface area contributed by atoms with Gasteiger partial charge in [-0.15, -0.1) is 13.2 Å². The van der Waals surface area contributed by atoms with Crippen molar-refractivity contribution < 1.29 is 32.5 Å². The van der Waals surface area contributed by atoms with E-state index in [1.165, 1.54) is 12.3 Å². The molecule has 2 aromatic heterocycles. The smallest absolute Gasteiger partial charge is 0.482 e. The Morgan fingerprint density at radius 3 is 2.77 bits per heavy atom. The zero-order valence-corrected chi connectivity index (χ0v) is 15.6. The van der Waals surface area contributed by atoms with Crippen molar-refractivity contribution in [1.82, 2.24) is 19.7 Å². The SMILES string of the molecule is O=C(O)c1cnn(-c2nc3cc(OC4C=CC(Cl)=CC4)c(OC(F)(F)F)cc3[nH]2)c1. The minimum Gasteiger partial charge on any atom is -0.482 e. The summed E-state index contributed by atoms with van der Waals surface area (Å²) in [6.07, 6.45) is 2.13. The van der Waals surface area contributed by atoms with E-state index in [1.807, 2.05) is 0 Å². The average Bonchev–Trinajstić information content (AvgIpc) is 3.29. The Hall–Kier alpha value is -3.47. The molecular weight excluding hydrogens is 429 g/mol. The fraction of sp³-hybridized carbons (Fsp3) is 0.167. The number of hydrogen-bond acceptors (Lipinski definition) is 5. The molecule has 2 N–H and O–H groups in total. The molecule has 0 fully saturated rings. The Balaban J connectivity index is 1.71. The van der Waals surface area contributed by atoms with E-state index in [4.69, 9.17) is 21.4 Å². The molecule has 1 aliphatic carbocycles. The van der Waals surface area contributed by atoms with Crippen LogP contribution in [0, 0.1) is 0 Å². The molecule has 0 spiro atoms. The highest BCUT2D eigenvalue weighted by molar-refractivity contribution is 6.31. The Bertz CT molecular complexity index is 1180. The number of nitrogens with one attached hydrogen (secondary N) is 1. The lowest BCUT2D eigenvalue weighted by Crippen LogP contribution is -2.20. The number of halogens is 4. The van der Waals surface area contributed by atoms with Crippen LogP contribution in [0.5, 0.6) is 11.5 Å². The van der Waals surface area contributed by atoms with E-state index in [9.17, 15) is 18.0 Å². The van der Waals surface area contributed by atoms with Gasteiger partial charge in [-0.05, 0) is 12.2 Å². The van der Waals surface area contributed by atoms with Gasteiger partial charge in [0, 0.05) is 29.8 Å². The summed E-state index contributed by atoms with van der Waals surface area (Å²) in [5.41, 5.74) is 0.415. The van der Waals surface area contributed by atoms with Gasteiger partial charge in [0.1, 0.15) is 6.10 Å². The second-order valence-corrected chi connectivity index (χ2v) is 6.68. The molecule has 0 amide bonds. The van der Waals surface area contributed by atoms with Gasteiger partial charge >= 0.3 is 12.3 Å². The van der Waals surface area contributed by atoms with Crippen LogP contribution in [-0.2, 0) is 0 Å². The monoisotopic (exact) mass is 440 g/mol. The number of alkyl halides is 3. The van der Waals surface area contributed by atoms with Gasteiger partial charge in [-0.3, -0.25) is 0 Å². The van der Waals surface area contributed by atoms with Gasteiger partial charge in [0.15, 0.2) is 11.5 Å². The Morgan fingerprint density at radius 1 is 1.33 bits per heavy atom. The molecule has 4 rings (SSSR count). The average molecular weight is 441 g/mol. The van der Waals surface area contributed by atoms with Crippen molar-refractivity contribution in [1.29, 1.82) is 0 Å². The maximum Gasteiger partial charge on any atom is 0.573 e. The van der Waals surface area contributed by atoms with Crippen molar-refractivity contribution >= 4 is 28.6 Å². The van der Waals surface area contributed by atoms with Crippen LogP contribution in [0.4, 0.5) is 13.2 Å². The molecule has 1 unspecified atom stereocenters. The molecular formula is C18H12ClF3N4O4. The van der Waals surface area contributed by atoms with Crippen molar-refractivity contribution in [2.75, 3.05) is 0 Å². The number of ether oxygens (including phenoxy) is 2. The van der Waals surface area contributed by atoms with Crippen molar-refractivity contribution in [2.45, 2.75) is 18.9 Å². The first-order chi connectivity index (χ1) is 14.2. The van der Waals surface area contributed by atoms with Gasteiger partial charge in [-0.1, -0.05) is 17.7 Å². The lowest BCUT2D eigenvalue weighted by Gasteiger charge is -2.19. The first-order valence-electron chi connectivity index (χ1n) is 8.46. The number of aromatic amines is 1. The van der Waals surface area contributed by atoms with Crippen LogP contribution in [0.2, 0.25) is 0 Å². The number of fused-ring (bicyclic) bond motifs is 1. The maximum absolute atomic E-state index is 12.9. The quantitative estimate of drug-likeness (QED) is 0.617. The van der Waals surface area contributed by atoms with Crippen LogP contribution in [0.3, 0.4) is 0 Å². The third-order valence-electron chi connectivity index (χ3n) is 4.10. The van der Waals surface area contributed by atoms with Crippen LogP contribution in [0.1, 0.15) is 16.8 Å². The summed E-state index contributed by atoms with van der Waals surface area (Å²) in [5.74, 6) is -1.78. The number of H-pyrrole nitrogens is 1. The first-order valence-corrected chi connectivity index (χ1v) is 8.84. The summed E-state index contributed by atoms with van der Waals surface area (Å²) in [5, 5.41) is 13.4. The minimum atomic E-state index is -4.93. The van der Waals surface area contributed by atoms with Crippen LogP contribution < -0.4 is 9.47 Å². The molecule has 0 aliphatic heterocycles. The van der Waals surface area contributed by atoms with Crippen LogP contribution in [0.15, 0.2) is 47.8 Å². The van der Waals surface area contributed by atoms with Gasteiger partial charge in [-0.25, -0.2) is 14.5 Å². The van der Waals surface area contributed by atoms with Crippen molar-refractivity contribution in [3.05, 3.63) is 53.4 Å². The number of allylic oxidation sites excluding steroid dienone is 2. The molecule has 2 heterocycles. The lowest BCUT2D eigenvalue weighted by molar-refractivity contribution is -0.275. The maximum atomic E-state index is 12.9. The second kappa shape index (κ2) is 7.41. The van der Waals surface area contributed by atoms with Crippen LogP contribution in [-0.4, -0.2) is 43.3 Å². The summed E-state index contributed by atoms with van der Waals surface area (Å²) in [4.78, 5) is 18.0. The molecule has 30 heavy (non-hydrogen) atoms. The largest absolute Gasteiger partial charge is 0.573 e. The molecule has 12 heteroatoms. The number of benzene rings is 1. The fourth-order valence-corrected chi connectivity index (χ4v) is 2.95. The van der Waals surface area contributed by atoms with Gasteiger partial charge in [-0.2, -0.15) is 5.10 Å². The molecule has 0 bridgehead atoms. The van der Waals surface area contributed by atoms with Crippen molar-refractivity contribution in [3.63, 3.8) is 0 Å². The third-order valence-corrected chi connectivity index (χ3v) is 4.38. The van der Waals surface area contributed by atoms with Crippen LogP contribution in [0.25, 0.3) is 17.0 Å². The predicted molar refractivity (Wildman–Crippen MR) is 99.0 cm³/mol. The van der Waals surface area contributed by atoms with E-state index in [0.29, 0.717) is 11.5 Å². The number of aromatic nitrogens is 4. The highest BCUT2D eigenvalue weighted by Gasteiger charge is 2.33.